The molecule has 2 heterocycles. The summed E-state index contributed by atoms with van der Waals surface area (Å²) < 4.78 is 5.64. The topological polar surface area (TPSA) is 62.0 Å². The van der Waals surface area contributed by atoms with Crippen molar-refractivity contribution in [2.24, 2.45) is 0 Å². The number of ether oxygens (including phenoxy) is 1. The lowest BCUT2D eigenvalue weighted by Crippen LogP contribution is -2.44. The van der Waals surface area contributed by atoms with Crippen LogP contribution in [0.3, 0.4) is 0 Å². The Kier molecular flexibility index (Phi) is 4.07. The van der Waals surface area contributed by atoms with Gasteiger partial charge in [0.15, 0.2) is 0 Å². The van der Waals surface area contributed by atoms with Gasteiger partial charge in [0.25, 0.3) is 0 Å². The van der Waals surface area contributed by atoms with Crippen LogP contribution in [-0.4, -0.2) is 48.9 Å². The SMILES string of the molecule is c1nc2ccc(CCNCC3CNCCO3)cc2[nH]1. The molecule has 1 saturated heterocycles. The van der Waals surface area contributed by atoms with Crippen LogP contribution in [0.4, 0.5) is 0 Å². The lowest BCUT2D eigenvalue weighted by Gasteiger charge is -2.23. The summed E-state index contributed by atoms with van der Waals surface area (Å²) in [6.45, 7) is 4.63. The third-order valence-corrected chi connectivity index (χ3v) is 3.45. The van der Waals surface area contributed by atoms with Crippen LogP contribution in [0.15, 0.2) is 24.5 Å². The molecule has 3 rings (SSSR count). The van der Waals surface area contributed by atoms with Crippen LogP contribution in [0.5, 0.6) is 0 Å². The van der Waals surface area contributed by atoms with Gasteiger partial charge in [0, 0.05) is 19.6 Å². The number of aromatic nitrogens is 2. The van der Waals surface area contributed by atoms with Gasteiger partial charge in [-0.15, -0.1) is 0 Å². The molecule has 1 aromatic heterocycles. The first-order valence-electron chi connectivity index (χ1n) is 6.87. The fourth-order valence-electron chi connectivity index (χ4n) is 2.38. The summed E-state index contributed by atoms with van der Waals surface area (Å²) in [5, 5.41) is 6.79. The number of imidazole rings is 1. The molecule has 0 bridgehead atoms. The predicted molar refractivity (Wildman–Crippen MR) is 75.3 cm³/mol. The highest BCUT2D eigenvalue weighted by atomic mass is 16.5. The highest BCUT2D eigenvalue weighted by Gasteiger charge is 2.11. The van der Waals surface area contributed by atoms with Crippen LogP contribution >= 0.6 is 0 Å². The Balaban J connectivity index is 1.43. The number of H-pyrrole nitrogens is 1. The zero-order valence-corrected chi connectivity index (χ0v) is 11.0. The first kappa shape index (κ1) is 12.6. The van der Waals surface area contributed by atoms with E-state index in [0.29, 0.717) is 6.10 Å². The molecule has 1 atom stereocenters. The quantitative estimate of drug-likeness (QED) is 0.692. The molecule has 1 fully saturated rings. The molecule has 2 aromatic rings. The van der Waals surface area contributed by atoms with E-state index in [1.807, 2.05) is 0 Å². The summed E-state index contributed by atoms with van der Waals surface area (Å²) >= 11 is 0. The summed E-state index contributed by atoms with van der Waals surface area (Å²) in [4.78, 5) is 7.37. The summed E-state index contributed by atoms with van der Waals surface area (Å²) in [6.07, 6.45) is 3.07. The Morgan fingerprint density at radius 3 is 3.32 bits per heavy atom. The minimum Gasteiger partial charge on any atom is -0.374 e. The highest BCUT2D eigenvalue weighted by molar-refractivity contribution is 5.75. The summed E-state index contributed by atoms with van der Waals surface area (Å²) in [7, 11) is 0. The van der Waals surface area contributed by atoms with E-state index >= 15 is 0 Å². The summed E-state index contributed by atoms with van der Waals surface area (Å²) in [6, 6.07) is 6.38. The fourth-order valence-corrected chi connectivity index (χ4v) is 2.38. The Morgan fingerprint density at radius 2 is 2.42 bits per heavy atom. The van der Waals surface area contributed by atoms with Crippen molar-refractivity contribution < 1.29 is 4.74 Å². The van der Waals surface area contributed by atoms with Gasteiger partial charge in [0.1, 0.15) is 0 Å². The van der Waals surface area contributed by atoms with E-state index < -0.39 is 0 Å². The Hall–Kier alpha value is -1.43. The molecule has 1 aliphatic heterocycles. The Bertz CT molecular complexity index is 519. The van der Waals surface area contributed by atoms with Gasteiger partial charge in [0.05, 0.1) is 30.1 Å². The standard InChI is InChI=1S/C14H20N4O/c1-2-13-14(18-10-17-13)7-11(1)3-4-15-8-12-9-16-5-6-19-12/h1-2,7,10,12,15-16H,3-6,8-9H2,(H,17,18). The van der Waals surface area contributed by atoms with Crippen molar-refractivity contribution in [3.8, 4) is 0 Å². The average molecular weight is 260 g/mol. The minimum atomic E-state index is 0.309. The molecule has 5 nitrogen and oxygen atoms in total. The molecular weight excluding hydrogens is 240 g/mol. The maximum Gasteiger partial charge on any atom is 0.0931 e. The third kappa shape index (κ3) is 3.32. The van der Waals surface area contributed by atoms with Crippen LogP contribution in [0.1, 0.15) is 5.56 Å². The zero-order valence-electron chi connectivity index (χ0n) is 11.0. The molecule has 0 amide bonds. The van der Waals surface area contributed by atoms with Crippen molar-refractivity contribution >= 4 is 11.0 Å². The van der Waals surface area contributed by atoms with Crippen LogP contribution in [0.2, 0.25) is 0 Å². The van der Waals surface area contributed by atoms with E-state index in [-0.39, 0.29) is 0 Å². The monoisotopic (exact) mass is 260 g/mol. The van der Waals surface area contributed by atoms with Gasteiger partial charge in [-0.2, -0.15) is 0 Å². The van der Waals surface area contributed by atoms with Crippen LogP contribution in [0, 0.1) is 0 Å². The smallest absolute Gasteiger partial charge is 0.0931 e. The molecule has 5 heteroatoms. The van der Waals surface area contributed by atoms with Gasteiger partial charge >= 0.3 is 0 Å². The number of nitrogens with zero attached hydrogens (tertiary/aromatic N) is 1. The van der Waals surface area contributed by atoms with Gasteiger partial charge in [-0.25, -0.2) is 4.98 Å². The number of hydrogen-bond acceptors (Lipinski definition) is 4. The summed E-state index contributed by atoms with van der Waals surface area (Å²) in [5.74, 6) is 0. The molecule has 0 aliphatic carbocycles. The van der Waals surface area contributed by atoms with Crippen molar-refractivity contribution in [1.82, 2.24) is 20.6 Å². The molecule has 0 radical (unpaired) electrons. The maximum atomic E-state index is 5.64. The molecule has 1 aliphatic rings. The predicted octanol–water partition coefficient (Wildman–Crippen LogP) is 0.683. The molecular formula is C14H20N4O. The first-order valence-corrected chi connectivity index (χ1v) is 6.87. The van der Waals surface area contributed by atoms with Gasteiger partial charge in [0.2, 0.25) is 0 Å². The van der Waals surface area contributed by atoms with Crippen molar-refractivity contribution in [3.05, 3.63) is 30.1 Å². The number of aromatic amines is 1. The second kappa shape index (κ2) is 6.14. The molecule has 0 spiro atoms. The van der Waals surface area contributed by atoms with Crippen LogP contribution in [-0.2, 0) is 11.2 Å². The van der Waals surface area contributed by atoms with E-state index in [1.165, 1.54) is 5.56 Å². The number of nitrogens with one attached hydrogen (secondary N) is 3. The summed E-state index contributed by atoms with van der Waals surface area (Å²) in [5.41, 5.74) is 3.46. The van der Waals surface area contributed by atoms with Crippen LogP contribution < -0.4 is 10.6 Å². The molecule has 1 unspecified atom stereocenters. The maximum absolute atomic E-state index is 5.64. The molecule has 0 saturated carbocycles. The van der Waals surface area contributed by atoms with E-state index in [0.717, 1.165) is 50.2 Å². The van der Waals surface area contributed by atoms with E-state index in [1.54, 1.807) is 6.33 Å². The fraction of sp³-hybridized carbons (Fsp3) is 0.500. The molecule has 1 aromatic carbocycles. The molecule has 102 valence electrons. The van der Waals surface area contributed by atoms with Crippen LogP contribution in [0.25, 0.3) is 11.0 Å². The van der Waals surface area contributed by atoms with Gasteiger partial charge in [-0.3, -0.25) is 0 Å². The van der Waals surface area contributed by atoms with Crippen molar-refractivity contribution in [3.63, 3.8) is 0 Å². The number of morpholine rings is 1. The van der Waals surface area contributed by atoms with Gasteiger partial charge in [-0.05, 0) is 30.7 Å². The van der Waals surface area contributed by atoms with Crippen molar-refractivity contribution in [2.45, 2.75) is 12.5 Å². The highest BCUT2D eigenvalue weighted by Crippen LogP contribution is 2.11. The zero-order chi connectivity index (χ0) is 12.9. The largest absolute Gasteiger partial charge is 0.374 e. The minimum absolute atomic E-state index is 0.309. The van der Waals surface area contributed by atoms with Crippen molar-refractivity contribution in [2.75, 3.05) is 32.8 Å². The van der Waals surface area contributed by atoms with Gasteiger partial charge in [-0.1, -0.05) is 6.07 Å². The second-order valence-electron chi connectivity index (χ2n) is 4.91. The number of benzene rings is 1. The Morgan fingerprint density at radius 1 is 1.42 bits per heavy atom. The lowest BCUT2D eigenvalue weighted by atomic mass is 10.1. The second-order valence-corrected chi connectivity index (χ2v) is 4.91. The Labute approximate surface area is 112 Å². The normalized spacial score (nSPS) is 19.9. The van der Waals surface area contributed by atoms with E-state index in [9.17, 15) is 0 Å². The number of fused-ring (bicyclic) bond motifs is 1. The average Bonchev–Trinajstić information content (AvgIpc) is 2.92. The first-order chi connectivity index (χ1) is 9.42. The van der Waals surface area contributed by atoms with Crippen molar-refractivity contribution in [1.29, 1.82) is 0 Å². The van der Waals surface area contributed by atoms with E-state index in [2.05, 4.69) is 38.8 Å². The number of hydrogen-bond donors (Lipinski definition) is 3. The lowest BCUT2D eigenvalue weighted by molar-refractivity contribution is 0.0294. The number of rotatable bonds is 5. The molecule has 3 N–H and O–H groups in total. The third-order valence-electron chi connectivity index (χ3n) is 3.45. The van der Waals surface area contributed by atoms with E-state index in [4.69, 9.17) is 4.74 Å². The van der Waals surface area contributed by atoms with Gasteiger partial charge < -0.3 is 20.4 Å². The molecule has 19 heavy (non-hydrogen) atoms.